The molecule has 0 unspecified atom stereocenters. The Kier molecular flexibility index (Phi) is 6.66. The SMILES string of the molecule is COC(=O)c1ccc(C(=C\c2nc3ccccc3s2)/C=C2\C=C(c3ccccc3)N(C)c3ccccc32)cc1. The highest BCUT2D eigenvalue weighted by Gasteiger charge is 2.21. The highest BCUT2D eigenvalue weighted by atomic mass is 32.1. The van der Waals surface area contributed by atoms with Gasteiger partial charge in [-0.3, -0.25) is 0 Å². The first-order chi connectivity index (χ1) is 19.1. The van der Waals surface area contributed by atoms with Gasteiger partial charge in [0.25, 0.3) is 0 Å². The average molecular weight is 527 g/mol. The molecular formula is C34H26N2O2S. The quantitative estimate of drug-likeness (QED) is 0.217. The molecule has 0 spiro atoms. The molecule has 4 nitrogen and oxygen atoms in total. The number of anilines is 1. The van der Waals surface area contributed by atoms with Crippen LogP contribution in [0.15, 0.2) is 115 Å². The fourth-order valence-electron chi connectivity index (χ4n) is 4.84. The van der Waals surface area contributed by atoms with Gasteiger partial charge < -0.3 is 9.64 Å². The minimum absolute atomic E-state index is 0.351. The molecule has 1 aliphatic rings. The lowest BCUT2D eigenvalue weighted by Gasteiger charge is -2.30. The molecule has 4 aromatic carbocycles. The zero-order valence-corrected chi connectivity index (χ0v) is 22.5. The summed E-state index contributed by atoms with van der Waals surface area (Å²) in [6.45, 7) is 0. The van der Waals surface area contributed by atoms with Gasteiger partial charge in [0.2, 0.25) is 0 Å². The van der Waals surface area contributed by atoms with Crippen molar-refractivity contribution in [3.63, 3.8) is 0 Å². The standard InChI is InChI=1S/C34H26N2O2S/c1-36-30-14-8-6-12-28(30)27(21-31(36)24-10-4-3-5-11-24)20-26(23-16-18-25(19-17-23)34(37)38-2)22-33-35-29-13-7-9-15-32(29)39-33/h3-22H,1-2H3/b26-22-,27-20+. The van der Waals surface area contributed by atoms with Crippen molar-refractivity contribution >= 4 is 56.1 Å². The Hall–Kier alpha value is -4.74. The third-order valence-corrected chi connectivity index (χ3v) is 7.82. The molecule has 0 atom stereocenters. The van der Waals surface area contributed by atoms with Crippen LogP contribution in [0.1, 0.15) is 32.1 Å². The van der Waals surface area contributed by atoms with E-state index in [1.807, 2.05) is 36.4 Å². The van der Waals surface area contributed by atoms with Crippen LogP contribution >= 0.6 is 11.3 Å². The number of methoxy groups -OCH3 is 1. The molecule has 0 radical (unpaired) electrons. The molecule has 190 valence electrons. The number of hydrogen-bond acceptors (Lipinski definition) is 5. The van der Waals surface area contributed by atoms with Gasteiger partial charge in [0.05, 0.1) is 22.9 Å². The average Bonchev–Trinajstić information content (AvgIpc) is 3.41. The van der Waals surface area contributed by atoms with Gasteiger partial charge in [-0.25, -0.2) is 9.78 Å². The van der Waals surface area contributed by atoms with Crippen LogP contribution in [0.3, 0.4) is 0 Å². The van der Waals surface area contributed by atoms with E-state index in [-0.39, 0.29) is 5.97 Å². The van der Waals surface area contributed by atoms with Crippen molar-refractivity contribution in [3.8, 4) is 0 Å². The van der Waals surface area contributed by atoms with Crippen molar-refractivity contribution in [1.29, 1.82) is 0 Å². The van der Waals surface area contributed by atoms with Gasteiger partial charge >= 0.3 is 5.97 Å². The lowest BCUT2D eigenvalue weighted by Crippen LogP contribution is -2.20. The largest absolute Gasteiger partial charge is 0.465 e. The predicted molar refractivity (Wildman–Crippen MR) is 163 cm³/mol. The lowest BCUT2D eigenvalue weighted by atomic mass is 9.92. The zero-order valence-electron chi connectivity index (χ0n) is 21.7. The summed E-state index contributed by atoms with van der Waals surface area (Å²) in [5.74, 6) is -0.351. The first-order valence-corrected chi connectivity index (χ1v) is 13.5. The Labute approximate surface area is 231 Å². The summed E-state index contributed by atoms with van der Waals surface area (Å²) < 4.78 is 6.05. The van der Waals surface area contributed by atoms with Gasteiger partial charge in [-0.05, 0) is 70.8 Å². The van der Waals surface area contributed by atoms with Crippen LogP contribution in [0.25, 0.3) is 33.1 Å². The Balaban J connectivity index is 1.53. The van der Waals surface area contributed by atoms with E-state index in [0.29, 0.717) is 5.56 Å². The number of hydrogen-bond donors (Lipinski definition) is 0. The van der Waals surface area contributed by atoms with Crippen LogP contribution < -0.4 is 4.90 Å². The van der Waals surface area contributed by atoms with Crippen LogP contribution in [0.5, 0.6) is 0 Å². The van der Waals surface area contributed by atoms with Gasteiger partial charge in [-0.15, -0.1) is 11.3 Å². The van der Waals surface area contributed by atoms with E-state index in [4.69, 9.17) is 9.72 Å². The van der Waals surface area contributed by atoms with Gasteiger partial charge in [-0.1, -0.05) is 72.8 Å². The van der Waals surface area contributed by atoms with Gasteiger partial charge in [0.1, 0.15) is 5.01 Å². The summed E-state index contributed by atoms with van der Waals surface area (Å²) in [4.78, 5) is 19.2. The normalized spacial score (nSPS) is 14.3. The fourth-order valence-corrected chi connectivity index (χ4v) is 5.76. The second kappa shape index (κ2) is 10.6. The molecule has 0 aliphatic carbocycles. The molecular weight excluding hydrogens is 500 g/mol. The number of nitrogens with zero attached hydrogens (tertiary/aromatic N) is 2. The van der Waals surface area contributed by atoms with E-state index in [1.54, 1.807) is 23.5 Å². The monoisotopic (exact) mass is 526 g/mol. The van der Waals surface area contributed by atoms with Gasteiger partial charge in [0, 0.05) is 24.0 Å². The van der Waals surface area contributed by atoms with Crippen LogP contribution in [0.4, 0.5) is 5.69 Å². The van der Waals surface area contributed by atoms with Gasteiger partial charge in [-0.2, -0.15) is 0 Å². The zero-order chi connectivity index (χ0) is 26.8. The maximum atomic E-state index is 12.1. The third-order valence-electron chi connectivity index (χ3n) is 6.84. The molecule has 0 saturated heterocycles. The Morgan fingerprint density at radius 2 is 1.54 bits per heavy atom. The number of allylic oxidation sites excluding steroid dienone is 4. The summed E-state index contributed by atoms with van der Waals surface area (Å²) in [6.07, 6.45) is 6.59. The fraction of sp³-hybridized carbons (Fsp3) is 0.0588. The maximum absolute atomic E-state index is 12.1. The van der Waals surface area contributed by atoms with Crippen molar-refractivity contribution in [1.82, 2.24) is 4.98 Å². The topological polar surface area (TPSA) is 42.4 Å². The highest BCUT2D eigenvalue weighted by Crippen LogP contribution is 2.40. The molecule has 5 heteroatoms. The Morgan fingerprint density at radius 3 is 2.31 bits per heavy atom. The van der Waals surface area contributed by atoms with E-state index in [9.17, 15) is 4.79 Å². The second-order valence-corrected chi connectivity index (χ2v) is 10.3. The number of fused-ring (bicyclic) bond motifs is 2. The molecule has 0 amide bonds. The lowest BCUT2D eigenvalue weighted by molar-refractivity contribution is 0.0600. The summed E-state index contributed by atoms with van der Waals surface area (Å²) in [5.41, 5.74) is 9.17. The van der Waals surface area contributed by atoms with E-state index in [1.165, 1.54) is 7.11 Å². The number of benzene rings is 4. The summed E-state index contributed by atoms with van der Waals surface area (Å²) >= 11 is 1.66. The minimum Gasteiger partial charge on any atom is -0.465 e. The second-order valence-electron chi connectivity index (χ2n) is 9.26. The number of thiazole rings is 1. The number of rotatable bonds is 5. The summed E-state index contributed by atoms with van der Waals surface area (Å²) in [5, 5.41) is 0.925. The van der Waals surface area contributed by atoms with Crippen molar-refractivity contribution in [2.24, 2.45) is 0 Å². The number of aromatic nitrogens is 1. The number of ether oxygens (including phenoxy) is 1. The van der Waals surface area contributed by atoms with Gasteiger partial charge in [0.15, 0.2) is 0 Å². The Bertz CT molecular complexity index is 1730. The third kappa shape index (κ3) is 4.92. The minimum atomic E-state index is -0.351. The van der Waals surface area contributed by atoms with Crippen molar-refractivity contribution < 1.29 is 9.53 Å². The van der Waals surface area contributed by atoms with Crippen LogP contribution in [-0.2, 0) is 4.74 Å². The molecule has 0 bridgehead atoms. The first kappa shape index (κ1) is 24.6. The van der Waals surface area contributed by atoms with E-state index < -0.39 is 0 Å². The van der Waals surface area contributed by atoms with Crippen LogP contribution in [0.2, 0.25) is 0 Å². The number of carbonyl (C=O) groups is 1. The molecule has 0 saturated carbocycles. The van der Waals surface area contributed by atoms with E-state index in [0.717, 1.165) is 54.4 Å². The number of para-hydroxylation sites is 2. The molecule has 6 rings (SSSR count). The Morgan fingerprint density at radius 1 is 0.846 bits per heavy atom. The predicted octanol–water partition coefficient (Wildman–Crippen LogP) is 8.20. The van der Waals surface area contributed by atoms with Crippen molar-refractivity contribution in [3.05, 3.63) is 143 Å². The molecule has 1 aromatic heterocycles. The molecule has 1 aliphatic heterocycles. The van der Waals surface area contributed by atoms with E-state index >= 15 is 0 Å². The van der Waals surface area contributed by atoms with Crippen LogP contribution in [-0.4, -0.2) is 25.1 Å². The van der Waals surface area contributed by atoms with Crippen molar-refractivity contribution in [2.75, 3.05) is 19.1 Å². The highest BCUT2D eigenvalue weighted by molar-refractivity contribution is 7.19. The molecule has 0 N–H and O–H groups in total. The molecule has 0 fully saturated rings. The van der Waals surface area contributed by atoms with E-state index in [2.05, 4.69) is 84.8 Å². The molecule has 39 heavy (non-hydrogen) atoms. The maximum Gasteiger partial charge on any atom is 0.337 e. The molecule has 5 aromatic rings. The summed E-state index contributed by atoms with van der Waals surface area (Å²) in [6, 6.07) is 34.6. The number of carbonyl (C=O) groups excluding carboxylic acids is 1. The van der Waals surface area contributed by atoms with Crippen molar-refractivity contribution in [2.45, 2.75) is 0 Å². The first-order valence-electron chi connectivity index (χ1n) is 12.7. The molecule has 2 heterocycles. The van der Waals surface area contributed by atoms with Crippen LogP contribution in [0, 0.1) is 0 Å². The smallest absolute Gasteiger partial charge is 0.337 e. The summed E-state index contributed by atoms with van der Waals surface area (Å²) in [7, 11) is 3.51. The number of esters is 1.